The molecule has 2 heterocycles. The quantitative estimate of drug-likeness (QED) is 0.891. The van der Waals surface area contributed by atoms with Crippen LogP contribution in [-0.4, -0.2) is 31.2 Å². The second-order valence-corrected chi connectivity index (χ2v) is 8.62. The van der Waals surface area contributed by atoms with Crippen molar-refractivity contribution in [1.29, 1.82) is 0 Å². The number of aryl methyl sites for hydroxylation is 2. The fraction of sp³-hybridized carbons (Fsp3) is 0.333. The Bertz CT molecular complexity index is 999. The molecular formula is C18H21N3O4S. The second kappa shape index (κ2) is 5.98. The Hall–Kier alpha value is -2.61. The lowest BCUT2D eigenvalue weighted by Gasteiger charge is -2.39. The van der Waals surface area contributed by atoms with E-state index in [1.807, 2.05) is 26.0 Å². The molecule has 1 aliphatic heterocycles. The van der Waals surface area contributed by atoms with E-state index in [1.54, 1.807) is 36.9 Å². The number of amides is 1. The first-order valence-corrected chi connectivity index (χ1v) is 9.97. The van der Waals surface area contributed by atoms with Gasteiger partial charge in [0.15, 0.2) is 5.60 Å². The van der Waals surface area contributed by atoms with Crippen LogP contribution in [0.15, 0.2) is 30.3 Å². The van der Waals surface area contributed by atoms with Crippen molar-refractivity contribution in [3.8, 4) is 5.75 Å². The number of sulfonamides is 1. The molecule has 3 rings (SSSR count). The molecular weight excluding hydrogens is 354 g/mol. The molecule has 1 aromatic heterocycles. The summed E-state index contributed by atoms with van der Waals surface area (Å²) < 4.78 is 31.2. The highest BCUT2D eigenvalue weighted by Crippen LogP contribution is 2.43. The Kier molecular flexibility index (Phi) is 4.18. The lowest BCUT2D eigenvalue weighted by atomic mass is 10.0. The highest BCUT2D eigenvalue weighted by atomic mass is 32.2. The number of anilines is 3. The third-order valence-corrected chi connectivity index (χ3v) is 4.63. The predicted molar refractivity (Wildman–Crippen MR) is 100 cm³/mol. The van der Waals surface area contributed by atoms with Gasteiger partial charge in [0.25, 0.3) is 5.91 Å². The summed E-state index contributed by atoms with van der Waals surface area (Å²) in [5, 5.41) is 0. The second-order valence-electron chi connectivity index (χ2n) is 6.87. The largest absolute Gasteiger partial charge is 0.476 e. The fourth-order valence-electron chi connectivity index (χ4n) is 2.91. The van der Waals surface area contributed by atoms with Crippen LogP contribution in [0.2, 0.25) is 0 Å². The zero-order valence-corrected chi connectivity index (χ0v) is 16.1. The summed E-state index contributed by atoms with van der Waals surface area (Å²) in [6.45, 7) is 7.09. The van der Waals surface area contributed by atoms with E-state index in [2.05, 4.69) is 9.71 Å². The van der Waals surface area contributed by atoms with Crippen molar-refractivity contribution in [2.45, 2.75) is 33.3 Å². The molecule has 138 valence electrons. The van der Waals surface area contributed by atoms with Gasteiger partial charge < -0.3 is 4.74 Å². The van der Waals surface area contributed by atoms with Crippen LogP contribution < -0.4 is 14.4 Å². The lowest BCUT2D eigenvalue weighted by molar-refractivity contribution is -0.131. The van der Waals surface area contributed by atoms with Gasteiger partial charge in [-0.1, -0.05) is 0 Å². The predicted octanol–water partition coefficient (Wildman–Crippen LogP) is 2.91. The van der Waals surface area contributed by atoms with Gasteiger partial charge in [-0.15, -0.1) is 0 Å². The number of benzene rings is 1. The highest BCUT2D eigenvalue weighted by molar-refractivity contribution is 7.92. The van der Waals surface area contributed by atoms with E-state index in [1.165, 1.54) is 0 Å². The minimum atomic E-state index is -3.42. The molecule has 26 heavy (non-hydrogen) atoms. The number of hydrogen-bond donors (Lipinski definition) is 1. The van der Waals surface area contributed by atoms with Crippen molar-refractivity contribution in [3.05, 3.63) is 41.7 Å². The standard InChI is InChI=1S/C18H21N3O4S/c1-11-6-8-14(12(2)19-11)21-15-9-7-13(20-26(5,23)24)10-16(15)25-18(3,4)17(21)22/h6-10,20H,1-5H3. The van der Waals surface area contributed by atoms with Crippen molar-refractivity contribution in [2.75, 3.05) is 15.9 Å². The molecule has 0 atom stereocenters. The number of hydrogen-bond acceptors (Lipinski definition) is 5. The van der Waals surface area contributed by atoms with Crippen LogP contribution in [-0.2, 0) is 14.8 Å². The summed E-state index contributed by atoms with van der Waals surface area (Å²) >= 11 is 0. The first-order valence-electron chi connectivity index (χ1n) is 8.07. The van der Waals surface area contributed by atoms with Crippen LogP contribution in [0, 0.1) is 13.8 Å². The normalized spacial score (nSPS) is 16.0. The average Bonchev–Trinajstić information content (AvgIpc) is 2.48. The van der Waals surface area contributed by atoms with Gasteiger partial charge in [0, 0.05) is 11.8 Å². The zero-order valence-electron chi connectivity index (χ0n) is 15.3. The number of rotatable bonds is 3. The zero-order chi connectivity index (χ0) is 19.3. The van der Waals surface area contributed by atoms with E-state index < -0.39 is 15.6 Å². The van der Waals surface area contributed by atoms with Crippen LogP contribution in [0.25, 0.3) is 0 Å². The summed E-state index contributed by atoms with van der Waals surface area (Å²) in [4.78, 5) is 19.0. The number of aromatic nitrogens is 1. The van der Waals surface area contributed by atoms with Gasteiger partial charge in [-0.3, -0.25) is 19.4 Å². The maximum Gasteiger partial charge on any atom is 0.275 e. The molecule has 0 bridgehead atoms. The number of nitrogens with one attached hydrogen (secondary N) is 1. The number of carbonyl (C=O) groups excluding carboxylic acids is 1. The Balaban J connectivity index is 2.16. The Labute approximate surface area is 153 Å². The molecule has 8 heteroatoms. The summed E-state index contributed by atoms with van der Waals surface area (Å²) in [5.74, 6) is 0.200. The number of ether oxygens (including phenoxy) is 1. The molecule has 0 aliphatic carbocycles. The van der Waals surface area contributed by atoms with E-state index in [9.17, 15) is 13.2 Å². The van der Waals surface area contributed by atoms with Crippen molar-refractivity contribution in [2.24, 2.45) is 0 Å². The Morgan fingerprint density at radius 1 is 1.12 bits per heavy atom. The van der Waals surface area contributed by atoms with E-state index in [-0.39, 0.29) is 5.91 Å². The van der Waals surface area contributed by atoms with Crippen molar-refractivity contribution >= 4 is 33.0 Å². The molecule has 0 fully saturated rings. The van der Waals surface area contributed by atoms with Gasteiger partial charge in [0.2, 0.25) is 10.0 Å². The third kappa shape index (κ3) is 3.37. The first-order chi connectivity index (χ1) is 12.0. The van der Waals surface area contributed by atoms with Crippen molar-refractivity contribution < 1.29 is 17.9 Å². The monoisotopic (exact) mass is 375 g/mol. The van der Waals surface area contributed by atoms with E-state index in [0.717, 1.165) is 17.6 Å². The minimum absolute atomic E-state index is 0.220. The van der Waals surface area contributed by atoms with Crippen molar-refractivity contribution in [3.63, 3.8) is 0 Å². The van der Waals surface area contributed by atoms with Crippen LogP contribution in [0.5, 0.6) is 5.75 Å². The van der Waals surface area contributed by atoms with Gasteiger partial charge in [-0.05, 0) is 52.0 Å². The molecule has 1 aliphatic rings. The van der Waals surface area contributed by atoms with Crippen LogP contribution in [0.4, 0.5) is 17.1 Å². The summed E-state index contributed by atoms with van der Waals surface area (Å²) in [5.41, 5.74) is 2.06. The van der Waals surface area contributed by atoms with Gasteiger partial charge in [0.05, 0.1) is 29.0 Å². The minimum Gasteiger partial charge on any atom is -0.476 e. The van der Waals surface area contributed by atoms with Gasteiger partial charge >= 0.3 is 0 Å². The number of nitrogens with zero attached hydrogens (tertiary/aromatic N) is 2. The van der Waals surface area contributed by atoms with Crippen LogP contribution >= 0.6 is 0 Å². The first kappa shape index (κ1) is 18.2. The molecule has 1 amide bonds. The molecule has 2 aromatic rings. The Morgan fingerprint density at radius 2 is 1.77 bits per heavy atom. The molecule has 0 saturated carbocycles. The molecule has 0 spiro atoms. The number of carbonyl (C=O) groups is 1. The lowest BCUT2D eigenvalue weighted by Crippen LogP contribution is -2.50. The molecule has 0 radical (unpaired) electrons. The molecule has 0 unspecified atom stereocenters. The maximum atomic E-state index is 13.0. The van der Waals surface area contributed by atoms with Gasteiger partial charge in [0.1, 0.15) is 5.75 Å². The topological polar surface area (TPSA) is 88.6 Å². The average molecular weight is 375 g/mol. The molecule has 1 aromatic carbocycles. The maximum absolute atomic E-state index is 13.0. The van der Waals surface area contributed by atoms with Crippen LogP contribution in [0.1, 0.15) is 25.2 Å². The Morgan fingerprint density at radius 3 is 2.38 bits per heavy atom. The van der Waals surface area contributed by atoms with E-state index >= 15 is 0 Å². The highest BCUT2D eigenvalue weighted by Gasteiger charge is 2.42. The summed E-state index contributed by atoms with van der Waals surface area (Å²) in [6, 6.07) is 8.53. The SMILES string of the molecule is Cc1ccc(N2C(=O)C(C)(C)Oc3cc(NS(C)(=O)=O)ccc32)c(C)n1. The van der Waals surface area contributed by atoms with E-state index in [0.29, 0.717) is 22.8 Å². The molecule has 7 nitrogen and oxygen atoms in total. The molecule has 1 N–H and O–H groups in total. The van der Waals surface area contributed by atoms with Crippen LogP contribution in [0.3, 0.4) is 0 Å². The number of pyridine rings is 1. The summed E-state index contributed by atoms with van der Waals surface area (Å²) in [6.07, 6.45) is 1.08. The van der Waals surface area contributed by atoms with Crippen molar-refractivity contribution in [1.82, 2.24) is 4.98 Å². The van der Waals surface area contributed by atoms with Gasteiger partial charge in [-0.25, -0.2) is 8.42 Å². The van der Waals surface area contributed by atoms with Gasteiger partial charge in [-0.2, -0.15) is 0 Å². The smallest absolute Gasteiger partial charge is 0.275 e. The fourth-order valence-corrected chi connectivity index (χ4v) is 3.47. The summed E-state index contributed by atoms with van der Waals surface area (Å²) in [7, 11) is -3.42. The molecule has 0 saturated heterocycles. The number of fused-ring (bicyclic) bond motifs is 1. The third-order valence-electron chi connectivity index (χ3n) is 4.03. The van der Waals surface area contributed by atoms with E-state index in [4.69, 9.17) is 4.74 Å².